The van der Waals surface area contributed by atoms with Crippen LogP contribution in [0.5, 0.6) is 0 Å². The second-order valence-electron chi connectivity index (χ2n) is 8.67. The summed E-state index contributed by atoms with van der Waals surface area (Å²) in [6.07, 6.45) is -2.11. The summed E-state index contributed by atoms with van der Waals surface area (Å²) in [5, 5.41) is 1.67. The number of esters is 3. The summed E-state index contributed by atoms with van der Waals surface area (Å²) >= 11 is 11.5. The molecule has 1 fully saturated rings. The van der Waals surface area contributed by atoms with Crippen molar-refractivity contribution in [2.24, 2.45) is 11.8 Å². The molecule has 1 saturated heterocycles. The Bertz CT molecular complexity index is 1230. The van der Waals surface area contributed by atoms with E-state index in [4.69, 9.17) is 37.4 Å². The summed E-state index contributed by atoms with van der Waals surface area (Å²) in [5.74, 6) is -4.92. The molecule has 0 saturated carbocycles. The predicted molar refractivity (Wildman–Crippen MR) is 131 cm³/mol. The lowest BCUT2D eigenvalue weighted by Gasteiger charge is -2.29. The highest BCUT2D eigenvalue weighted by atomic mass is 35.5. The van der Waals surface area contributed by atoms with Crippen LogP contribution in [0.25, 0.3) is 0 Å². The van der Waals surface area contributed by atoms with Gasteiger partial charge >= 0.3 is 17.9 Å². The van der Waals surface area contributed by atoms with E-state index in [9.17, 15) is 24.0 Å². The lowest BCUT2D eigenvalue weighted by molar-refractivity contribution is -0.176. The van der Waals surface area contributed by atoms with Crippen LogP contribution in [-0.4, -0.2) is 58.6 Å². The number of carbonyl (C=O) groups excluding carboxylic acids is 4. The molecule has 37 heavy (non-hydrogen) atoms. The van der Waals surface area contributed by atoms with Gasteiger partial charge < -0.3 is 24.5 Å². The van der Waals surface area contributed by atoms with Gasteiger partial charge in [0.05, 0.1) is 5.92 Å². The van der Waals surface area contributed by atoms with Crippen molar-refractivity contribution in [3.05, 3.63) is 62.2 Å². The number of nitrogens with one attached hydrogen (secondary N) is 2. The number of cyclic esters (lactones) is 2. The van der Waals surface area contributed by atoms with E-state index in [0.29, 0.717) is 0 Å². The third-order valence-corrected chi connectivity index (χ3v) is 6.16. The lowest BCUT2D eigenvalue weighted by Crippen LogP contribution is -2.48. The Morgan fingerprint density at radius 2 is 1.84 bits per heavy atom. The van der Waals surface area contributed by atoms with Gasteiger partial charge in [0.25, 0.3) is 11.5 Å². The summed E-state index contributed by atoms with van der Waals surface area (Å²) < 4.78 is 16.4. The predicted octanol–water partition coefficient (Wildman–Crippen LogP) is 2.09. The Labute approximate surface area is 221 Å². The standard InChI is InChI=1S/C24H25Cl2N3O8/c1-11(2)22(32)37-17-12(3)36-24(34)15(27-20(30)16-21(31)29-19(26)18(25)28-16)10-35-23(33)14(17)9-13-7-5-4-6-8-13/h4-8,11-12,14-15,17H,9-10H2,1-3H3,(H,27,30)(H,29,31). The molecule has 2 N–H and O–H groups in total. The summed E-state index contributed by atoms with van der Waals surface area (Å²) in [6.45, 7) is 4.12. The van der Waals surface area contributed by atoms with Gasteiger partial charge in [0.2, 0.25) is 0 Å². The van der Waals surface area contributed by atoms with Crippen LogP contribution in [-0.2, 0) is 35.0 Å². The van der Waals surface area contributed by atoms with E-state index in [-0.39, 0.29) is 16.7 Å². The first-order chi connectivity index (χ1) is 17.5. The van der Waals surface area contributed by atoms with Crippen molar-refractivity contribution in [3.8, 4) is 0 Å². The Balaban J connectivity index is 1.88. The van der Waals surface area contributed by atoms with Crippen LogP contribution in [0.4, 0.5) is 0 Å². The van der Waals surface area contributed by atoms with Crippen LogP contribution in [0.3, 0.4) is 0 Å². The van der Waals surface area contributed by atoms with Gasteiger partial charge in [0.1, 0.15) is 23.8 Å². The van der Waals surface area contributed by atoms with Crippen molar-refractivity contribution in [2.75, 3.05) is 6.61 Å². The highest BCUT2D eigenvalue weighted by Crippen LogP contribution is 2.24. The molecule has 4 unspecified atom stereocenters. The van der Waals surface area contributed by atoms with E-state index in [2.05, 4.69) is 15.3 Å². The minimum Gasteiger partial charge on any atom is -0.463 e. The minimum absolute atomic E-state index is 0.136. The van der Waals surface area contributed by atoms with Gasteiger partial charge in [-0.05, 0) is 18.9 Å². The molecule has 1 aliphatic rings. The molecule has 0 radical (unpaired) electrons. The van der Waals surface area contributed by atoms with Gasteiger partial charge in [-0.15, -0.1) is 0 Å². The van der Waals surface area contributed by atoms with Crippen molar-refractivity contribution < 1.29 is 33.4 Å². The minimum atomic E-state index is -1.49. The topological polar surface area (TPSA) is 154 Å². The van der Waals surface area contributed by atoms with Crippen LogP contribution in [0, 0.1) is 11.8 Å². The van der Waals surface area contributed by atoms with E-state index in [0.717, 1.165) is 5.56 Å². The van der Waals surface area contributed by atoms with Crippen LogP contribution in [0.1, 0.15) is 36.8 Å². The number of hydrogen-bond acceptors (Lipinski definition) is 9. The Hall–Kier alpha value is -3.44. The summed E-state index contributed by atoms with van der Waals surface area (Å²) in [6, 6.07) is 7.49. The lowest BCUT2D eigenvalue weighted by atomic mass is 9.91. The fraction of sp³-hybridized carbons (Fsp3) is 0.417. The Kier molecular flexibility index (Phi) is 9.28. The first-order valence-corrected chi connectivity index (χ1v) is 12.1. The molecule has 11 nitrogen and oxygen atoms in total. The molecule has 0 bridgehead atoms. The molecular formula is C24H25Cl2N3O8. The number of aromatic nitrogens is 2. The largest absolute Gasteiger partial charge is 0.463 e. The van der Waals surface area contributed by atoms with Crippen molar-refractivity contribution in [1.82, 2.24) is 15.3 Å². The number of rotatable bonds is 6. The molecule has 2 heterocycles. The highest BCUT2D eigenvalue weighted by molar-refractivity contribution is 6.40. The first-order valence-electron chi connectivity index (χ1n) is 11.4. The van der Waals surface area contributed by atoms with Crippen molar-refractivity contribution in [1.29, 1.82) is 0 Å². The molecule has 4 atom stereocenters. The molecule has 1 aliphatic heterocycles. The Morgan fingerprint density at radius 3 is 2.49 bits per heavy atom. The molecule has 0 spiro atoms. The van der Waals surface area contributed by atoms with Crippen LogP contribution in [0.15, 0.2) is 35.1 Å². The fourth-order valence-corrected chi connectivity index (χ4v) is 3.80. The van der Waals surface area contributed by atoms with Gasteiger partial charge in [-0.1, -0.05) is 67.4 Å². The normalized spacial score (nSPS) is 22.2. The molecule has 3 rings (SSSR count). The van der Waals surface area contributed by atoms with Crippen LogP contribution >= 0.6 is 23.2 Å². The zero-order valence-corrected chi connectivity index (χ0v) is 21.7. The Morgan fingerprint density at radius 1 is 1.16 bits per heavy atom. The third kappa shape index (κ3) is 7.07. The monoisotopic (exact) mass is 553 g/mol. The maximum absolute atomic E-state index is 13.2. The summed E-state index contributed by atoms with van der Waals surface area (Å²) in [5.41, 5.74) is -0.841. The van der Waals surface area contributed by atoms with Crippen LogP contribution < -0.4 is 10.9 Å². The molecule has 13 heteroatoms. The quantitative estimate of drug-likeness (QED) is 0.404. The van der Waals surface area contributed by atoms with Gasteiger partial charge in [-0.3, -0.25) is 19.2 Å². The average molecular weight is 554 g/mol. The molecule has 0 aliphatic carbocycles. The third-order valence-electron chi connectivity index (χ3n) is 5.51. The average Bonchev–Trinajstić information content (AvgIpc) is 2.88. The number of ether oxygens (including phenoxy) is 3. The zero-order valence-electron chi connectivity index (χ0n) is 20.2. The SMILES string of the molecule is CC(C)C(=O)OC1C(C)OC(=O)C(NC(=O)c2nc(Cl)c(Cl)[nH]c2=O)COC(=O)C1Cc1ccccc1. The summed E-state index contributed by atoms with van der Waals surface area (Å²) in [7, 11) is 0. The zero-order chi connectivity index (χ0) is 27.3. The van der Waals surface area contributed by atoms with Gasteiger partial charge in [-0.2, -0.15) is 0 Å². The number of nitrogens with zero attached hydrogens (tertiary/aromatic N) is 1. The number of hydrogen-bond donors (Lipinski definition) is 2. The number of halogens is 2. The van der Waals surface area contributed by atoms with Crippen molar-refractivity contribution >= 4 is 47.0 Å². The van der Waals surface area contributed by atoms with Gasteiger partial charge in [0, 0.05) is 0 Å². The van der Waals surface area contributed by atoms with E-state index < -0.39 is 71.8 Å². The van der Waals surface area contributed by atoms with Crippen molar-refractivity contribution in [3.63, 3.8) is 0 Å². The van der Waals surface area contributed by atoms with Gasteiger partial charge in [0.15, 0.2) is 23.0 Å². The molecular weight excluding hydrogens is 529 g/mol. The molecule has 1 amide bonds. The molecule has 2 aromatic rings. The summed E-state index contributed by atoms with van der Waals surface area (Å²) in [4.78, 5) is 69.1. The highest BCUT2D eigenvalue weighted by Gasteiger charge is 2.42. The number of benzene rings is 1. The first kappa shape index (κ1) is 28.1. The molecule has 1 aromatic heterocycles. The number of aromatic amines is 1. The molecule has 198 valence electrons. The van der Waals surface area contributed by atoms with Gasteiger partial charge in [-0.25, -0.2) is 9.78 Å². The number of H-pyrrole nitrogens is 1. The van der Waals surface area contributed by atoms with E-state index in [1.165, 1.54) is 6.92 Å². The molecule has 1 aromatic carbocycles. The maximum Gasteiger partial charge on any atom is 0.332 e. The number of carbonyl (C=O) groups is 4. The second-order valence-corrected chi connectivity index (χ2v) is 9.41. The van der Waals surface area contributed by atoms with Crippen LogP contribution in [0.2, 0.25) is 10.3 Å². The van der Waals surface area contributed by atoms with Crippen molar-refractivity contribution in [2.45, 2.75) is 45.4 Å². The van der Waals surface area contributed by atoms with E-state index in [1.807, 2.05) is 6.07 Å². The smallest absolute Gasteiger partial charge is 0.332 e. The van der Waals surface area contributed by atoms with E-state index >= 15 is 0 Å². The second kappa shape index (κ2) is 12.2. The van der Waals surface area contributed by atoms with E-state index in [1.54, 1.807) is 38.1 Å². The maximum atomic E-state index is 13.2. The fourth-order valence-electron chi connectivity index (χ4n) is 3.54. The number of amides is 1.